The molecule has 0 saturated heterocycles. The van der Waals surface area contributed by atoms with E-state index in [-0.39, 0.29) is 17.8 Å². The predicted octanol–water partition coefficient (Wildman–Crippen LogP) is 6.70. The summed E-state index contributed by atoms with van der Waals surface area (Å²) in [5.41, 5.74) is -0.594. The van der Waals surface area contributed by atoms with Crippen molar-refractivity contribution in [1.82, 2.24) is 0 Å². The fourth-order valence-corrected chi connectivity index (χ4v) is 2.80. The lowest BCUT2D eigenvalue weighted by Gasteiger charge is -2.21. The molecule has 148 valence electrons. The summed E-state index contributed by atoms with van der Waals surface area (Å²) in [6.45, 7) is 9.81. The zero-order valence-electron chi connectivity index (χ0n) is 17.3. The molecule has 0 amide bonds. The molecule has 0 bridgehead atoms. The van der Waals surface area contributed by atoms with Crippen LogP contribution in [0.3, 0.4) is 0 Å². The van der Waals surface area contributed by atoms with Crippen LogP contribution in [0.15, 0.2) is 5.16 Å². The zero-order chi connectivity index (χ0) is 19.1. The molecule has 0 spiro atoms. The average molecular weight is 356 g/mol. The standard InChI is InChI=1S/C21H41NO3/c1-6-8-10-11-12-13-14-15-17-18(16-9-7-2)19(22-24)25-20(23)21(3,4)5/h18,24H,6-17H2,1-5H3. The molecule has 1 N–H and O–H groups in total. The van der Waals surface area contributed by atoms with Crippen LogP contribution in [0, 0.1) is 11.3 Å². The smallest absolute Gasteiger partial charge is 0.317 e. The van der Waals surface area contributed by atoms with Gasteiger partial charge in [-0.15, -0.1) is 0 Å². The largest absolute Gasteiger partial charge is 0.408 e. The van der Waals surface area contributed by atoms with E-state index in [0.717, 1.165) is 32.1 Å². The van der Waals surface area contributed by atoms with Crippen LogP contribution >= 0.6 is 0 Å². The molecular formula is C21H41NO3. The maximum Gasteiger partial charge on any atom is 0.317 e. The summed E-state index contributed by atoms with van der Waals surface area (Å²) in [5, 5.41) is 12.7. The van der Waals surface area contributed by atoms with Crippen molar-refractivity contribution in [2.45, 2.75) is 112 Å². The topological polar surface area (TPSA) is 58.9 Å². The maximum absolute atomic E-state index is 12.1. The highest BCUT2D eigenvalue weighted by atomic mass is 16.6. The predicted molar refractivity (Wildman–Crippen MR) is 105 cm³/mol. The zero-order valence-corrected chi connectivity index (χ0v) is 17.3. The van der Waals surface area contributed by atoms with Crippen molar-refractivity contribution < 1.29 is 14.7 Å². The van der Waals surface area contributed by atoms with Crippen LogP contribution in [0.2, 0.25) is 0 Å². The molecular weight excluding hydrogens is 314 g/mol. The lowest BCUT2D eigenvalue weighted by atomic mass is 9.94. The van der Waals surface area contributed by atoms with Gasteiger partial charge in [-0.05, 0) is 33.6 Å². The minimum absolute atomic E-state index is 0.0383. The van der Waals surface area contributed by atoms with Crippen molar-refractivity contribution in [2.24, 2.45) is 16.5 Å². The molecule has 0 aromatic carbocycles. The lowest BCUT2D eigenvalue weighted by molar-refractivity contribution is -0.144. The number of rotatable bonds is 13. The Bertz CT molecular complexity index is 372. The molecule has 0 saturated carbocycles. The number of esters is 1. The third kappa shape index (κ3) is 12.0. The Balaban J connectivity index is 4.35. The van der Waals surface area contributed by atoms with Crippen LogP contribution in [-0.4, -0.2) is 17.1 Å². The first-order chi connectivity index (χ1) is 11.9. The van der Waals surface area contributed by atoms with Gasteiger partial charge in [-0.3, -0.25) is 4.79 Å². The summed E-state index contributed by atoms with van der Waals surface area (Å²) in [7, 11) is 0. The second-order valence-electron chi connectivity index (χ2n) is 8.18. The summed E-state index contributed by atoms with van der Waals surface area (Å²) in [5.74, 6) is -0.0922. The van der Waals surface area contributed by atoms with Crippen molar-refractivity contribution in [3.8, 4) is 0 Å². The summed E-state index contributed by atoms with van der Waals surface area (Å²) >= 11 is 0. The molecule has 4 nitrogen and oxygen atoms in total. The van der Waals surface area contributed by atoms with Crippen LogP contribution in [0.4, 0.5) is 0 Å². The van der Waals surface area contributed by atoms with Crippen LogP contribution in [0.25, 0.3) is 0 Å². The van der Waals surface area contributed by atoms with E-state index in [1.165, 1.54) is 44.9 Å². The van der Waals surface area contributed by atoms with Crippen molar-refractivity contribution >= 4 is 11.9 Å². The Hall–Kier alpha value is -1.06. The first-order valence-corrected chi connectivity index (χ1v) is 10.3. The molecule has 0 aromatic heterocycles. The number of carbonyl (C=O) groups is 1. The minimum Gasteiger partial charge on any atom is -0.408 e. The van der Waals surface area contributed by atoms with Gasteiger partial charge in [-0.1, -0.05) is 83.2 Å². The van der Waals surface area contributed by atoms with Crippen molar-refractivity contribution in [2.75, 3.05) is 0 Å². The van der Waals surface area contributed by atoms with Gasteiger partial charge in [0.05, 0.1) is 5.41 Å². The summed E-state index contributed by atoms with van der Waals surface area (Å²) < 4.78 is 5.41. The molecule has 0 aliphatic carbocycles. The highest BCUT2D eigenvalue weighted by Gasteiger charge is 2.28. The fraction of sp³-hybridized carbons (Fsp3) is 0.905. The molecule has 4 heteroatoms. The van der Waals surface area contributed by atoms with Gasteiger partial charge in [0, 0.05) is 5.92 Å². The van der Waals surface area contributed by atoms with E-state index < -0.39 is 5.41 Å². The van der Waals surface area contributed by atoms with E-state index in [9.17, 15) is 10.0 Å². The Morgan fingerprint density at radius 3 is 1.84 bits per heavy atom. The normalized spacial score (nSPS) is 13.7. The van der Waals surface area contributed by atoms with Gasteiger partial charge in [0.2, 0.25) is 5.90 Å². The second-order valence-corrected chi connectivity index (χ2v) is 8.18. The van der Waals surface area contributed by atoms with Crippen LogP contribution in [-0.2, 0) is 9.53 Å². The fourth-order valence-electron chi connectivity index (χ4n) is 2.80. The Morgan fingerprint density at radius 1 is 0.880 bits per heavy atom. The number of nitrogens with zero attached hydrogens (tertiary/aromatic N) is 1. The molecule has 0 aromatic rings. The number of hydrogen-bond donors (Lipinski definition) is 1. The number of hydrogen-bond acceptors (Lipinski definition) is 4. The molecule has 0 rings (SSSR count). The van der Waals surface area contributed by atoms with Crippen LogP contribution in [0.5, 0.6) is 0 Å². The van der Waals surface area contributed by atoms with E-state index in [4.69, 9.17) is 4.74 Å². The Morgan fingerprint density at radius 2 is 1.36 bits per heavy atom. The highest BCUT2D eigenvalue weighted by molar-refractivity contribution is 5.91. The summed E-state index contributed by atoms with van der Waals surface area (Å²) in [4.78, 5) is 12.1. The van der Waals surface area contributed by atoms with Gasteiger partial charge < -0.3 is 9.94 Å². The van der Waals surface area contributed by atoms with Gasteiger partial charge in [0.15, 0.2) is 0 Å². The van der Waals surface area contributed by atoms with Crippen LogP contribution < -0.4 is 0 Å². The SMILES string of the molecule is CCCCCCCCCCC(CCCC)C(=NO)OC(=O)C(C)(C)C. The maximum atomic E-state index is 12.1. The summed E-state index contributed by atoms with van der Waals surface area (Å²) in [6.07, 6.45) is 14.1. The number of carbonyl (C=O) groups excluding carboxylic acids is 1. The molecule has 25 heavy (non-hydrogen) atoms. The molecule has 1 atom stereocenters. The molecule has 0 aliphatic rings. The molecule has 0 heterocycles. The first-order valence-electron chi connectivity index (χ1n) is 10.3. The first kappa shape index (κ1) is 23.9. The number of oxime groups is 1. The van der Waals surface area contributed by atoms with Gasteiger partial charge in [-0.25, -0.2) is 0 Å². The third-order valence-corrected chi connectivity index (χ3v) is 4.57. The van der Waals surface area contributed by atoms with E-state index in [1.807, 2.05) is 20.8 Å². The van der Waals surface area contributed by atoms with E-state index in [2.05, 4.69) is 19.0 Å². The van der Waals surface area contributed by atoms with Gasteiger partial charge in [-0.2, -0.15) is 0 Å². The Kier molecular flexibility index (Phi) is 13.5. The molecule has 1 unspecified atom stereocenters. The second kappa shape index (κ2) is 14.1. The van der Waals surface area contributed by atoms with Crippen molar-refractivity contribution in [3.63, 3.8) is 0 Å². The van der Waals surface area contributed by atoms with Gasteiger partial charge in [0.1, 0.15) is 0 Å². The van der Waals surface area contributed by atoms with E-state index in [1.54, 1.807) is 0 Å². The number of ether oxygens (including phenoxy) is 1. The highest BCUT2D eigenvalue weighted by Crippen LogP contribution is 2.23. The summed E-state index contributed by atoms with van der Waals surface area (Å²) in [6, 6.07) is 0. The lowest BCUT2D eigenvalue weighted by Crippen LogP contribution is -2.29. The van der Waals surface area contributed by atoms with Crippen LogP contribution in [0.1, 0.15) is 112 Å². The van der Waals surface area contributed by atoms with Gasteiger partial charge in [0.25, 0.3) is 0 Å². The molecule has 0 aliphatic heterocycles. The average Bonchev–Trinajstić information content (AvgIpc) is 2.57. The Labute approximate surface area is 155 Å². The third-order valence-electron chi connectivity index (χ3n) is 4.57. The van der Waals surface area contributed by atoms with E-state index >= 15 is 0 Å². The monoisotopic (exact) mass is 355 g/mol. The van der Waals surface area contributed by atoms with Gasteiger partial charge >= 0.3 is 5.97 Å². The van der Waals surface area contributed by atoms with Crippen molar-refractivity contribution in [1.29, 1.82) is 0 Å². The van der Waals surface area contributed by atoms with E-state index in [0.29, 0.717) is 0 Å². The number of unbranched alkanes of at least 4 members (excludes halogenated alkanes) is 8. The molecule has 0 fully saturated rings. The van der Waals surface area contributed by atoms with Crippen molar-refractivity contribution in [3.05, 3.63) is 0 Å². The quantitative estimate of drug-likeness (QED) is 0.0998. The minimum atomic E-state index is -0.594. The molecule has 0 radical (unpaired) electrons.